The molecule has 1 aliphatic carbocycles. The molecule has 2 aromatic rings. The minimum Gasteiger partial charge on any atom is -0.492 e. The fourth-order valence-corrected chi connectivity index (χ4v) is 4.02. The third-order valence-corrected chi connectivity index (χ3v) is 5.74. The van der Waals surface area contributed by atoms with Crippen molar-refractivity contribution in [2.45, 2.75) is 58.7 Å². The summed E-state index contributed by atoms with van der Waals surface area (Å²) < 4.78 is 8.29. The molecular formula is C23H31N5O5. The summed E-state index contributed by atoms with van der Waals surface area (Å²) in [6.07, 6.45) is 6.22. The second kappa shape index (κ2) is 8.66. The Labute approximate surface area is 191 Å². The Balaban J connectivity index is 1.72. The van der Waals surface area contributed by atoms with E-state index in [9.17, 15) is 19.5 Å². The van der Waals surface area contributed by atoms with Gasteiger partial charge < -0.3 is 20.1 Å². The van der Waals surface area contributed by atoms with Gasteiger partial charge in [-0.15, -0.1) is 0 Å². The fourth-order valence-electron chi connectivity index (χ4n) is 4.02. The molecule has 33 heavy (non-hydrogen) atoms. The number of carbonyl (C=O) groups excluding carboxylic acids is 2. The lowest BCUT2D eigenvalue weighted by Crippen LogP contribution is -2.50. The molecule has 3 heterocycles. The van der Waals surface area contributed by atoms with Crippen LogP contribution in [0.5, 0.6) is 5.88 Å². The lowest BCUT2D eigenvalue weighted by molar-refractivity contribution is -0.140. The Kier molecular flexibility index (Phi) is 6.04. The van der Waals surface area contributed by atoms with Gasteiger partial charge in [0.1, 0.15) is 5.65 Å². The van der Waals surface area contributed by atoms with E-state index in [2.05, 4.69) is 10.4 Å². The van der Waals surface area contributed by atoms with Crippen LogP contribution in [-0.2, 0) is 16.1 Å². The second-order valence-corrected chi connectivity index (χ2v) is 9.79. The van der Waals surface area contributed by atoms with Crippen molar-refractivity contribution in [3.63, 3.8) is 0 Å². The highest BCUT2D eigenvalue weighted by atomic mass is 16.5. The minimum atomic E-state index is -0.600. The molecule has 0 atom stereocenters. The maximum atomic E-state index is 13.3. The van der Waals surface area contributed by atoms with Crippen LogP contribution < -0.4 is 10.9 Å². The number of fused-ring (bicyclic) bond motifs is 1. The summed E-state index contributed by atoms with van der Waals surface area (Å²) in [5.74, 6) is -1.18. The number of amides is 2. The van der Waals surface area contributed by atoms with Crippen LogP contribution in [0.2, 0.25) is 0 Å². The third kappa shape index (κ3) is 4.80. The fraction of sp³-hybridized carbons (Fsp3) is 0.565. The van der Waals surface area contributed by atoms with Crippen LogP contribution in [0.3, 0.4) is 0 Å². The van der Waals surface area contributed by atoms with Gasteiger partial charge in [0.25, 0.3) is 11.5 Å². The maximum Gasteiger partial charge on any atom is 0.270 e. The lowest BCUT2D eigenvalue weighted by atomic mass is 10.1. The second-order valence-electron chi connectivity index (χ2n) is 9.79. The van der Waals surface area contributed by atoms with Gasteiger partial charge >= 0.3 is 0 Å². The SMILES string of the molecule is CC(C)Cn1c(=O)c(C(=O)NC2CC2)c(O)n2ncc(/C=C/C(=O)N3CCOC(C)(C)C3)c12. The van der Waals surface area contributed by atoms with E-state index < -0.39 is 22.9 Å². The van der Waals surface area contributed by atoms with Gasteiger partial charge in [-0.2, -0.15) is 9.61 Å². The van der Waals surface area contributed by atoms with Crippen LogP contribution in [0.25, 0.3) is 11.7 Å². The standard InChI is InChI=1S/C23H31N5O5/c1-14(2)12-27-20-15(5-8-17(29)26-9-10-33-23(3,4)13-26)11-24-28(20)22(32)18(21(27)31)19(30)25-16-6-7-16/h5,8,11,14,16,32H,6-7,9-10,12-13H2,1-4H3,(H,25,30)/b8-5+. The molecule has 2 aliphatic rings. The van der Waals surface area contributed by atoms with Crippen LogP contribution >= 0.6 is 0 Å². The lowest BCUT2D eigenvalue weighted by Gasteiger charge is -2.37. The number of aromatic nitrogens is 3. The monoisotopic (exact) mass is 457 g/mol. The summed E-state index contributed by atoms with van der Waals surface area (Å²) in [6, 6.07) is 0.0397. The van der Waals surface area contributed by atoms with E-state index in [-0.39, 0.29) is 23.4 Å². The van der Waals surface area contributed by atoms with E-state index in [0.717, 1.165) is 12.8 Å². The molecule has 1 saturated carbocycles. The highest BCUT2D eigenvalue weighted by Gasteiger charge is 2.31. The average molecular weight is 458 g/mol. The Morgan fingerprint density at radius 1 is 1.36 bits per heavy atom. The molecule has 10 nitrogen and oxygen atoms in total. The number of morpholine rings is 1. The first-order valence-corrected chi connectivity index (χ1v) is 11.3. The summed E-state index contributed by atoms with van der Waals surface area (Å²) >= 11 is 0. The van der Waals surface area contributed by atoms with Crippen LogP contribution in [0, 0.1) is 5.92 Å². The number of aromatic hydroxyl groups is 1. The maximum absolute atomic E-state index is 13.3. The first kappa shape index (κ1) is 23.0. The van der Waals surface area contributed by atoms with Gasteiger partial charge in [-0.1, -0.05) is 13.8 Å². The van der Waals surface area contributed by atoms with Crippen molar-refractivity contribution in [1.29, 1.82) is 0 Å². The number of rotatable bonds is 6. The van der Waals surface area contributed by atoms with Crippen molar-refractivity contribution in [3.05, 3.63) is 33.8 Å². The normalized spacial score (nSPS) is 18.4. The number of carbonyl (C=O) groups is 2. The summed E-state index contributed by atoms with van der Waals surface area (Å²) in [7, 11) is 0. The number of ether oxygens (including phenoxy) is 1. The average Bonchev–Trinajstić information content (AvgIpc) is 3.44. The zero-order chi connectivity index (χ0) is 23.9. The molecule has 10 heteroatoms. The molecule has 1 aliphatic heterocycles. The predicted molar refractivity (Wildman–Crippen MR) is 122 cm³/mol. The smallest absolute Gasteiger partial charge is 0.270 e. The van der Waals surface area contributed by atoms with Gasteiger partial charge in [0, 0.05) is 37.3 Å². The largest absolute Gasteiger partial charge is 0.492 e. The molecule has 2 N–H and O–H groups in total. The topological polar surface area (TPSA) is 118 Å². The van der Waals surface area contributed by atoms with Crippen LogP contribution in [0.15, 0.2) is 17.1 Å². The Bertz CT molecular complexity index is 1170. The molecule has 2 amide bonds. The molecule has 178 valence electrons. The van der Waals surface area contributed by atoms with E-state index in [1.54, 1.807) is 11.0 Å². The van der Waals surface area contributed by atoms with Gasteiger partial charge in [0.15, 0.2) is 5.56 Å². The molecular weight excluding hydrogens is 426 g/mol. The molecule has 1 saturated heterocycles. The van der Waals surface area contributed by atoms with Crippen molar-refractivity contribution in [3.8, 4) is 5.88 Å². The molecule has 2 fully saturated rings. The summed E-state index contributed by atoms with van der Waals surface area (Å²) in [6.45, 7) is 9.55. The van der Waals surface area contributed by atoms with E-state index in [1.807, 2.05) is 27.7 Å². The van der Waals surface area contributed by atoms with Gasteiger partial charge in [-0.3, -0.25) is 19.0 Å². The van der Waals surface area contributed by atoms with E-state index in [0.29, 0.717) is 37.5 Å². The molecule has 0 radical (unpaired) electrons. The Morgan fingerprint density at radius 3 is 2.73 bits per heavy atom. The molecule has 0 spiro atoms. The molecule has 2 aromatic heterocycles. The van der Waals surface area contributed by atoms with E-state index >= 15 is 0 Å². The zero-order valence-corrected chi connectivity index (χ0v) is 19.5. The quantitative estimate of drug-likeness (QED) is 0.633. The number of hydrogen-bond acceptors (Lipinski definition) is 6. The minimum absolute atomic E-state index is 0.0397. The molecule has 0 bridgehead atoms. The van der Waals surface area contributed by atoms with Crippen LogP contribution in [0.1, 0.15) is 56.5 Å². The van der Waals surface area contributed by atoms with Crippen LogP contribution in [0.4, 0.5) is 0 Å². The molecule has 0 aromatic carbocycles. The first-order valence-electron chi connectivity index (χ1n) is 11.3. The van der Waals surface area contributed by atoms with Crippen molar-refractivity contribution in [1.82, 2.24) is 24.4 Å². The van der Waals surface area contributed by atoms with E-state index in [4.69, 9.17) is 4.74 Å². The number of nitrogens with zero attached hydrogens (tertiary/aromatic N) is 4. The van der Waals surface area contributed by atoms with Gasteiger partial charge in [0.2, 0.25) is 11.8 Å². The predicted octanol–water partition coefficient (Wildman–Crippen LogP) is 1.40. The molecule has 4 rings (SSSR count). The number of nitrogens with one attached hydrogen (secondary N) is 1. The Morgan fingerprint density at radius 2 is 2.09 bits per heavy atom. The van der Waals surface area contributed by atoms with Gasteiger partial charge in [-0.25, -0.2) is 0 Å². The molecule has 0 unspecified atom stereocenters. The van der Waals surface area contributed by atoms with Gasteiger partial charge in [-0.05, 0) is 38.7 Å². The zero-order valence-electron chi connectivity index (χ0n) is 19.5. The summed E-state index contributed by atoms with van der Waals surface area (Å²) in [5.41, 5.74) is -0.477. The van der Waals surface area contributed by atoms with Crippen LogP contribution in [-0.4, -0.2) is 67.3 Å². The van der Waals surface area contributed by atoms with E-state index in [1.165, 1.54) is 21.4 Å². The van der Waals surface area contributed by atoms with Crippen molar-refractivity contribution in [2.24, 2.45) is 5.92 Å². The highest BCUT2D eigenvalue weighted by molar-refractivity contribution is 5.97. The Hall–Kier alpha value is -3.14. The summed E-state index contributed by atoms with van der Waals surface area (Å²) in [4.78, 5) is 40.4. The van der Waals surface area contributed by atoms with Crippen molar-refractivity contribution >= 4 is 23.5 Å². The highest BCUT2D eigenvalue weighted by Crippen LogP contribution is 2.24. The number of hydrogen-bond donors (Lipinski definition) is 2. The summed E-state index contributed by atoms with van der Waals surface area (Å²) in [5, 5.41) is 17.7. The van der Waals surface area contributed by atoms with Gasteiger partial charge in [0.05, 0.1) is 18.4 Å². The van der Waals surface area contributed by atoms with Crippen molar-refractivity contribution in [2.75, 3.05) is 19.7 Å². The third-order valence-electron chi connectivity index (χ3n) is 5.74. The van der Waals surface area contributed by atoms with Crippen molar-refractivity contribution < 1.29 is 19.4 Å². The first-order chi connectivity index (χ1) is 15.6.